The van der Waals surface area contributed by atoms with Crippen molar-refractivity contribution in [2.24, 2.45) is 0 Å². The summed E-state index contributed by atoms with van der Waals surface area (Å²) in [6.07, 6.45) is 6.11. The summed E-state index contributed by atoms with van der Waals surface area (Å²) < 4.78 is 10.9. The Balaban J connectivity index is 1.88. The predicted molar refractivity (Wildman–Crippen MR) is 99.3 cm³/mol. The standard InChI is InChI=1S/C20H26N2O5/c1-12-17(19(24)27-14-7-5-3-4-6-8-14)18(22-20(25)21-12)13-9-10-15(23)16(11-13)26-2/h9-11,14,18,23H,3-8H2,1-2H3,(H2,21,22,25)/t18-/m1/s1. The number of phenolic OH excluding ortho intramolecular Hbond substituents is 1. The van der Waals surface area contributed by atoms with Crippen LogP contribution in [-0.2, 0) is 9.53 Å². The highest BCUT2D eigenvalue weighted by molar-refractivity contribution is 5.95. The first-order chi connectivity index (χ1) is 13.0. The Morgan fingerprint density at radius 2 is 1.89 bits per heavy atom. The fourth-order valence-corrected chi connectivity index (χ4v) is 3.66. The number of carbonyl (C=O) groups excluding carboxylic acids is 2. The molecule has 1 aromatic carbocycles. The fourth-order valence-electron chi connectivity index (χ4n) is 3.66. The number of hydrogen-bond donors (Lipinski definition) is 3. The van der Waals surface area contributed by atoms with Crippen molar-refractivity contribution in [1.29, 1.82) is 0 Å². The molecule has 7 nitrogen and oxygen atoms in total. The van der Waals surface area contributed by atoms with Crippen molar-refractivity contribution in [3.63, 3.8) is 0 Å². The molecule has 1 fully saturated rings. The number of amides is 2. The molecule has 2 amide bonds. The van der Waals surface area contributed by atoms with E-state index in [1.807, 2.05) is 0 Å². The van der Waals surface area contributed by atoms with E-state index < -0.39 is 18.0 Å². The SMILES string of the molecule is COc1cc([C@H]2NC(=O)NC(C)=C2C(=O)OC2CCCCCC2)ccc1O. The Morgan fingerprint density at radius 3 is 2.56 bits per heavy atom. The number of methoxy groups -OCH3 is 1. The molecule has 3 N–H and O–H groups in total. The largest absolute Gasteiger partial charge is 0.504 e. The molecule has 0 unspecified atom stereocenters. The number of nitrogens with one attached hydrogen (secondary N) is 2. The number of carbonyl (C=O) groups is 2. The maximum atomic E-state index is 12.9. The van der Waals surface area contributed by atoms with Crippen LogP contribution < -0.4 is 15.4 Å². The average molecular weight is 374 g/mol. The highest BCUT2D eigenvalue weighted by Gasteiger charge is 2.33. The zero-order valence-corrected chi connectivity index (χ0v) is 15.7. The Hall–Kier alpha value is -2.70. The van der Waals surface area contributed by atoms with E-state index in [1.54, 1.807) is 19.1 Å². The van der Waals surface area contributed by atoms with Gasteiger partial charge in [0.2, 0.25) is 0 Å². The van der Waals surface area contributed by atoms with Gasteiger partial charge in [0, 0.05) is 5.70 Å². The molecule has 0 radical (unpaired) electrons. The summed E-state index contributed by atoms with van der Waals surface area (Å²) in [5.41, 5.74) is 1.47. The van der Waals surface area contributed by atoms with E-state index >= 15 is 0 Å². The normalized spacial score (nSPS) is 21.1. The third kappa shape index (κ3) is 4.35. The Bertz CT molecular complexity index is 751. The molecule has 0 spiro atoms. The van der Waals surface area contributed by atoms with Crippen LogP contribution in [0.5, 0.6) is 11.5 Å². The highest BCUT2D eigenvalue weighted by Crippen LogP contribution is 2.34. The van der Waals surface area contributed by atoms with Crippen molar-refractivity contribution in [2.45, 2.75) is 57.6 Å². The third-order valence-electron chi connectivity index (χ3n) is 5.10. The van der Waals surface area contributed by atoms with Crippen LogP contribution >= 0.6 is 0 Å². The van der Waals surface area contributed by atoms with Crippen LogP contribution in [0.4, 0.5) is 4.79 Å². The van der Waals surface area contributed by atoms with Crippen LogP contribution in [-0.4, -0.2) is 30.3 Å². The zero-order valence-electron chi connectivity index (χ0n) is 15.7. The van der Waals surface area contributed by atoms with E-state index in [1.165, 1.54) is 26.0 Å². The lowest BCUT2D eigenvalue weighted by Crippen LogP contribution is -2.45. The van der Waals surface area contributed by atoms with Crippen LogP contribution in [0.1, 0.15) is 57.1 Å². The smallest absolute Gasteiger partial charge is 0.338 e. The molecule has 1 aliphatic heterocycles. The van der Waals surface area contributed by atoms with Gasteiger partial charge in [-0.1, -0.05) is 18.9 Å². The predicted octanol–water partition coefficient (Wildman–Crippen LogP) is 3.29. The Labute approximate surface area is 158 Å². The molecule has 0 bridgehead atoms. The molecule has 7 heteroatoms. The quantitative estimate of drug-likeness (QED) is 0.555. The van der Waals surface area contributed by atoms with Gasteiger partial charge in [0.05, 0.1) is 18.7 Å². The van der Waals surface area contributed by atoms with E-state index in [0.717, 1.165) is 25.7 Å². The van der Waals surface area contributed by atoms with E-state index in [0.29, 0.717) is 16.8 Å². The van der Waals surface area contributed by atoms with Gasteiger partial charge in [-0.3, -0.25) is 0 Å². The minimum atomic E-state index is -0.675. The summed E-state index contributed by atoms with van der Waals surface area (Å²) in [5, 5.41) is 15.2. The van der Waals surface area contributed by atoms with Crippen LogP contribution in [0.3, 0.4) is 0 Å². The highest BCUT2D eigenvalue weighted by atomic mass is 16.5. The number of aromatic hydroxyl groups is 1. The maximum Gasteiger partial charge on any atom is 0.338 e. The van der Waals surface area contributed by atoms with E-state index in [4.69, 9.17) is 9.47 Å². The number of hydrogen-bond acceptors (Lipinski definition) is 5. The molecule has 1 saturated carbocycles. The lowest BCUT2D eigenvalue weighted by molar-refractivity contribution is -0.145. The van der Waals surface area contributed by atoms with Crippen LogP contribution in [0.15, 0.2) is 29.5 Å². The molecule has 27 heavy (non-hydrogen) atoms. The zero-order chi connectivity index (χ0) is 19.4. The van der Waals surface area contributed by atoms with Crippen molar-refractivity contribution in [1.82, 2.24) is 10.6 Å². The number of rotatable bonds is 4. The molecule has 1 aliphatic carbocycles. The van der Waals surface area contributed by atoms with Gasteiger partial charge in [0.1, 0.15) is 6.10 Å². The number of ether oxygens (including phenoxy) is 2. The Morgan fingerprint density at radius 1 is 1.19 bits per heavy atom. The summed E-state index contributed by atoms with van der Waals surface area (Å²) in [5.74, 6) is -0.164. The lowest BCUT2D eigenvalue weighted by atomic mass is 9.95. The fraction of sp³-hybridized carbons (Fsp3) is 0.500. The molecule has 1 heterocycles. The average Bonchev–Trinajstić information content (AvgIpc) is 2.90. The topological polar surface area (TPSA) is 96.9 Å². The Kier molecular flexibility index (Phi) is 5.88. The van der Waals surface area contributed by atoms with Crippen LogP contribution in [0, 0.1) is 0 Å². The molecule has 146 valence electrons. The summed E-state index contributed by atoms with van der Waals surface area (Å²) >= 11 is 0. The number of benzene rings is 1. The molecular weight excluding hydrogens is 348 g/mol. The summed E-state index contributed by atoms with van der Waals surface area (Å²) in [7, 11) is 1.45. The number of allylic oxidation sites excluding steroid dienone is 1. The van der Waals surface area contributed by atoms with Gasteiger partial charge in [-0.05, 0) is 50.3 Å². The minimum Gasteiger partial charge on any atom is -0.504 e. The molecule has 0 aromatic heterocycles. The molecule has 1 atom stereocenters. The van der Waals surface area contributed by atoms with E-state index in [-0.39, 0.29) is 17.6 Å². The second-order valence-electron chi connectivity index (χ2n) is 7.02. The first-order valence-corrected chi connectivity index (χ1v) is 9.35. The van der Waals surface area contributed by atoms with Crippen molar-refractivity contribution in [3.05, 3.63) is 35.0 Å². The van der Waals surface area contributed by atoms with Gasteiger partial charge in [-0.2, -0.15) is 0 Å². The monoisotopic (exact) mass is 374 g/mol. The number of urea groups is 1. The maximum absolute atomic E-state index is 12.9. The van der Waals surface area contributed by atoms with Gasteiger partial charge < -0.3 is 25.2 Å². The number of esters is 1. The second-order valence-corrected chi connectivity index (χ2v) is 7.02. The van der Waals surface area contributed by atoms with Gasteiger partial charge in [-0.25, -0.2) is 9.59 Å². The lowest BCUT2D eigenvalue weighted by Gasteiger charge is -2.29. The summed E-state index contributed by atoms with van der Waals surface area (Å²) in [4.78, 5) is 24.9. The molecule has 1 aromatic rings. The first-order valence-electron chi connectivity index (χ1n) is 9.35. The van der Waals surface area contributed by atoms with Gasteiger partial charge in [0.15, 0.2) is 11.5 Å². The van der Waals surface area contributed by atoms with Crippen molar-refractivity contribution in [3.8, 4) is 11.5 Å². The van der Waals surface area contributed by atoms with Crippen LogP contribution in [0.2, 0.25) is 0 Å². The minimum absolute atomic E-state index is 0.00945. The van der Waals surface area contributed by atoms with Gasteiger partial charge in [-0.15, -0.1) is 0 Å². The number of phenols is 1. The molecule has 3 rings (SSSR count). The third-order valence-corrected chi connectivity index (χ3v) is 5.10. The molecule has 0 saturated heterocycles. The van der Waals surface area contributed by atoms with E-state index in [9.17, 15) is 14.7 Å². The van der Waals surface area contributed by atoms with Gasteiger partial charge in [0.25, 0.3) is 0 Å². The van der Waals surface area contributed by atoms with Crippen molar-refractivity contribution >= 4 is 12.0 Å². The molecular formula is C20H26N2O5. The van der Waals surface area contributed by atoms with Gasteiger partial charge >= 0.3 is 12.0 Å². The van der Waals surface area contributed by atoms with Crippen LogP contribution in [0.25, 0.3) is 0 Å². The molecule has 2 aliphatic rings. The van der Waals surface area contributed by atoms with E-state index in [2.05, 4.69) is 10.6 Å². The second kappa shape index (κ2) is 8.33. The summed E-state index contributed by atoms with van der Waals surface area (Å²) in [6.45, 7) is 1.69. The van der Waals surface area contributed by atoms with Crippen molar-refractivity contribution in [2.75, 3.05) is 7.11 Å². The summed E-state index contributed by atoms with van der Waals surface area (Å²) in [6, 6.07) is 3.67. The first kappa shape index (κ1) is 19.1. The van der Waals surface area contributed by atoms with Crippen molar-refractivity contribution < 1.29 is 24.2 Å².